The number of benzene rings is 2. The van der Waals surface area contributed by atoms with Crippen LogP contribution in [0.5, 0.6) is 11.5 Å². The summed E-state index contributed by atoms with van der Waals surface area (Å²) >= 11 is 0. The van der Waals surface area contributed by atoms with Crippen LogP contribution < -0.4 is 10.5 Å². The monoisotopic (exact) mass is 263 g/mol. The number of ether oxygens (including phenoxy) is 1. The van der Waals surface area contributed by atoms with Crippen LogP contribution in [0.3, 0.4) is 0 Å². The summed E-state index contributed by atoms with van der Waals surface area (Å²) in [6, 6.07) is 9.13. The number of aryl methyl sites for hydroxylation is 1. The zero-order chi connectivity index (χ0) is 13.8. The molecule has 0 fully saturated rings. The van der Waals surface area contributed by atoms with Crippen LogP contribution in [0, 0.1) is 18.6 Å². The molecule has 0 aliphatic heterocycles. The molecule has 2 aromatic rings. The van der Waals surface area contributed by atoms with Gasteiger partial charge in [0, 0.05) is 6.07 Å². The zero-order valence-corrected chi connectivity index (χ0v) is 10.6. The quantitative estimate of drug-likeness (QED) is 0.915. The van der Waals surface area contributed by atoms with Gasteiger partial charge in [-0.15, -0.1) is 0 Å². The van der Waals surface area contributed by atoms with Crippen LogP contribution >= 0.6 is 0 Å². The van der Waals surface area contributed by atoms with Gasteiger partial charge < -0.3 is 10.5 Å². The molecule has 0 heterocycles. The molecule has 0 saturated heterocycles. The Morgan fingerprint density at radius 2 is 1.95 bits per heavy atom. The Balaban J connectivity index is 2.30. The molecule has 4 heteroatoms. The average Bonchev–Trinajstić information content (AvgIpc) is 2.35. The molecular formula is C15H15F2NO. The molecule has 0 aromatic heterocycles. The van der Waals surface area contributed by atoms with Gasteiger partial charge in [0.2, 0.25) is 0 Å². The normalized spacial score (nSPS) is 10.5. The minimum absolute atomic E-state index is 0.0873. The standard InChI is InChI=1S/C15H15F2NO/c1-10-3-2-4-14(15(10)17)19-13-8-11(5-6-18)7-12(16)9-13/h2-4,7-9H,5-6,18H2,1H3. The van der Waals surface area contributed by atoms with Crippen LogP contribution in [-0.2, 0) is 6.42 Å². The van der Waals surface area contributed by atoms with Gasteiger partial charge in [0.05, 0.1) is 0 Å². The van der Waals surface area contributed by atoms with Gasteiger partial charge in [-0.3, -0.25) is 0 Å². The van der Waals surface area contributed by atoms with E-state index in [1.165, 1.54) is 18.2 Å². The Hall–Kier alpha value is -1.94. The highest BCUT2D eigenvalue weighted by molar-refractivity contribution is 5.37. The molecule has 0 aliphatic carbocycles. The molecule has 0 saturated carbocycles. The van der Waals surface area contributed by atoms with E-state index >= 15 is 0 Å². The van der Waals surface area contributed by atoms with E-state index in [2.05, 4.69) is 0 Å². The summed E-state index contributed by atoms with van der Waals surface area (Å²) in [6.45, 7) is 2.06. The Morgan fingerprint density at radius 1 is 1.16 bits per heavy atom. The molecule has 0 bridgehead atoms. The number of nitrogens with two attached hydrogens (primary N) is 1. The van der Waals surface area contributed by atoms with E-state index in [-0.39, 0.29) is 11.5 Å². The van der Waals surface area contributed by atoms with Gasteiger partial charge in [-0.25, -0.2) is 8.78 Å². The first-order valence-electron chi connectivity index (χ1n) is 6.02. The fraction of sp³-hybridized carbons (Fsp3) is 0.200. The molecule has 100 valence electrons. The molecule has 19 heavy (non-hydrogen) atoms. The van der Waals surface area contributed by atoms with Crippen molar-refractivity contribution >= 4 is 0 Å². The van der Waals surface area contributed by atoms with Crippen molar-refractivity contribution in [2.45, 2.75) is 13.3 Å². The van der Waals surface area contributed by atoms with Crippen LogP contribution in [-0.4, -0.2) is 6.54 Å². The highest BCUT2D eigenvalue weighted by Crippen LogP contribution is 2.27. The minimum atomic E-state index is -0.438. The maximum Gasteiger partial charge on any atom is 0.168 e. The molecule has 2 aromatic carbocycles. The summed E-state index contributed by atoms with van der Waals surface area (Å²) in [5.41, 5.74) is 6.64. The molecule has 0 atom stereocenters. The first kappa shape index (κ1) is 13.5. The molecule has 0 radical (unpaired) electrons. The molecule has 2 N–H and O–H groups in total. The third-order valence-electron chi connectivity index (χ3n) is 2.75. The molecule has 2 nitrogen and oxygen atoms in total. The number of hydrogen-bond donors (Lipinski definition) is 1. The third-order valence-corrected chi connectivity index (χ3v) is 2.75. The van der Waals surface area contributed by atoms with E-state index < -0.39 is 11.6 Å². The fourth-order valence-electron chi connectivity index (χ4n) is 1.82. The van der Waals surface area contributed by atoms with Gasteiger partial charge in [-0.05, 0) is 49.2 Å². The van der Waals surface area contributed by atoms with Crippen LogP contribution in [0.25, 0.3) is 0 Å². The number of rotatable bonds is 4. The average molecular weight is 263 g/mol. The minimum Gasteiger partial charge on any atom is -0.454 e. The summed E-state index contributed by atoms with van der Waals surface area (Å²) in [4.78, 5) is 0. The highest BCUT2D eigenvalue weighted by atomic mass is 19.1. The van der Waals surface area contributed by atoms with Crippen molar-refractivity contribution < 1.29 is 13.5 Å². The van der Waals surface area contributed by atoms with Gasteiger partial charge in [0.15, 0.2) is 11.6 Å². The smallest absolute Gasteiger partial charge is 0.168 e. The zero-order valence-electron chi connectivity index (χ0n) is 10.6. The second-order valence-electron chi connectivity index (χ2n) is 4.32. The molecule has 0 spiro atoms. The van der Waals surface area contributed by atoms with Gasteiger partial charge in [0.1, 0.15) is 11.6 Å². The van der Waals surface area contributed by atoms with Gasteiger partial charge in [-0.1, -0.05) is 12.1 Å². The largest absolute Gasteiger partial charge is 0.454 e. The van der Waals surface area contributed by atoms with E-state index in [1.54, 1.807) is 25.1 Å². The molecular weight excluding hydrogens is 248 g/mol. The van der Waals surface area contributed by atoms with E-state index in [1.807, 2.05) is 0 Å². The number of hydrogen-bond acceptors (Lipinski definition) is 2. The Labute approximate surface area is 110 Å². The lowest BCUT2D eigenvalue weighted by molar-refractivity contribution is 0.436. The number of halogens is 2. The van der Waals surface area contributed by atoms with Crippen LogP contribution in [0.2, 0.25) is 0 Å². The van der Waals surface area contributed by atoms with E-state index in [0.717, 1.165) is 5.56 Å². The van der Waals surface area contributed by atoms with E-state index in [4.69, 9.17) is 10.5 Å². The Bertz CT molecular complexity index is 584. The van der Waals surface area contributed by atoms with Gasteiger partial charge >= 0.3 is 0 Å². The lowest BCUT2D eigenvalue weighted by atomic mass is 10.1. The maximum atomic E-state index is 13.8. The maximum absolute atomic E-state index is 13.8. The lowest BCUT2D eigenvalue weighted by Crippen LogP contribution is -2.03. The summed E-state index contributed by atoms with van der Waals surface area (Å²) in [5, 5.41) is 0. The fourth-order valence-corrected chi connectivity index (χ4v) is 1.82. The van der Waals surface area contributed by atoms with Crippen LogP contribution in [0.1, 0.15) is 11.1 Å². The molecule has 0 amide bonds. The van der Waals surface area contributed by atoms with Gasteiger partial charge in [0.25, 0.3) is 0 Å². The van der Waals surface area contributed by atoms with Crippen LogP contribution in [0.15, 0.2) is 36.4 Å². The Kier molecular flexibility index (Phi) is 4.12. The topological polar surface area (TPSA) is 35.2 Å². The third kappa shape index (κ3) is 3.29. The van der Waals surface area contributed by atoms with E-state index in [9.17, 15) is 8.78 Å². The summed E-state index contributed by atoms with van der Waals surface area (Å²) in [7, 11) is 0. The lowest BCUT2D eigenvalue weighted by Gasteiger charge is -2.09. The molecule has 0 aliphatic rings. The van der Waals surface area contributed by atoms with Crippen molar-refractivity contribution in [3.8, 4) is 11.5 Å². The predicted molar refractivity (Wildman–Crippen MR) is 70.4 cm³/mol. The van der Waals surface area contributed by atoms with Crippen molar-refractivity contribution in [1.29, 1.82) is 0 Å². The van der Waals surface area contributed by atoms with Crippen molar-refractivity contribution in [3.05, 3.63) is 59.2 Å². The van der Waals surface area contributed by atoms with Crippen molar-refractivity contribution in [2.75, 3.05) is 6.54 Å². The second kappa shape index (κ2) is 5.80. The molecule has 0 unspecified atom stereocenters. The first-order valence-corrected chi connectivity index (χ1v) is 6.02. The molecule has 2 rings (SSSR count). The predicted octanol–water partition coefficient (Wildman–Crippen LogP) is 3.57. The summed E-state index contributed by atoms with van der Waals surface area (Å²) in [6.07, 6.45) is 0.546. The highest BCUT2D eigenvalue weighted by Gasteiger charge is 2.08. The van der Waals surface area contributed by atoms with Crippen molar-refractivity contribution in [2.24, 2.45) is 5.73 Å². The van der Waals surface area contributed by atoms with E-state index in [0.29, 0.717) is 18.5 Å². The van der Waals surface area contributed by atoms with Crippen molar-refractivity contribution in [3.63, 3.8) is 0 Å². The SMILES string of the molecule is Cc1cccc(Oc2cc(F)cc(CCN)c2)c1F. The first-order chi connectivity index (χ1) is 9.10. The van der Waals surface area contributed by atoms with Crippen LogP contribution in [0.4, 0.5) is 8.78 Å². The van der Waals surface area contributed by atoms with Crippen molar-refractivity contribution in [1.82, 2.24) is 0 Å². The summed E-state index contributed by atoms with van der Waals surface area (Å²) < 4.78 is 32.6. The summed E-state index contributed by atoms with van der Waals surface area (Å²) in [5.74, 6) is -0.501. The second-order valence-corrected chi connectivity index (χ2v) is 4.32. The van der Waals surface area contributed by atoms with Gasteiger partial charge in [-0.2, -0.15) is 0 Å². The Morgan fingerprint density at radius 3 is 2.68 bits per heavy atom.